The highest BCUT2D eigenvalue weighted by molar-refractivity contribution is 9.09. The predicted molar refractivity (Wildman–Crippen MR) is 46.0 cm³/mol. The van der Waals surface area contributed by atoms with E-state index in [1.54, 1.807) is 0 Å². The van der Waals surface area contributed by atoms with Crippen molar-refractivity contribution in [2.45, 2.75) is 30.8 Å². The van der Waals surface area contributed by atoms with E-state index in [0.717, 1.165) is 5.25 Å². The zero-order chi connectivity index (χ0) is 6.57. The minimum Gasteiger partial charge on any atom is -0.158 e. The van der Waals surface area contributed by atoms with E-state index in [9.17, 15) is 0 Å². The molecule has 50 valence electrons. The third kappa shape index (κ3) is 3.79. The van der Waals surface area contributed by atoms with Crippen LogP contribution in [0.4, 0.5) is 0 Å². The number of rotatable bonds is 3. The Bertz CT molecular complexity index is 54.5. The molecule has 0 saturated heterocycles. The molecular formula is C6H13BrS. The first-order valence-corrected chi connectivity index (χ1v) is 4.90. The average Bonchev–Trinajstić information content (AvgIpc) is 1.67. The van der Waals surface area contributed by atoms with Gasteiger partial charge in [-0.25, -0.2) is 0 Å². The van der Waals surface area contributed by atoms with Gasteiger partial charge in [0.2, 0.25) is 0 Å². The van der Waals surface area contributed by atoms with Crippen molar-refractivity contribution in [1.82, 2.24) is 0 Å². The first kappa shape index (κ1) is 8.83. The standard InChI is InChI=1S/C6H13BrS/c1-4-8-6(3)5(2)7/h5-6H,4H2,1-3H3. The molecule has 0 N–H and O–H groups in total. The molecule has 2 heteroatoms. The molecule has 0 amide bonds. The van der Waals surface area contributed by atoms with E-state index < -0.39 is 0 Å². The van der Waals surface area contributed by atoms with Crippen LogP contribution in [0.2, 0.25) is 0 Å². The number of hydrogen-bond donors (Lipinski definition) is 0. The van der Waals surface area contributed by atoms with E-state index in [-0.39, 0.29) is 0 Å². The second-order valence-corrected chi connectivity index (χ2v) is 4.94. The zero-order valence-electron chi connectivity index (χ0n) is 5.65. The number of hydrogen-bond acceptors (Lipinski definition) is 1. The van der Waals surface area contributed by atoms with Crippen molar-refractivity contribution in [3.63, 3.8) is 0 Å². The molecule has 0 spiro atoms. The lowest BCUT2D eigenvalue weighted by Crippen LogP contribution is -2.08. The van der Waals surface area contributed by atoms with Crippen LogP contribution in [-0.4, -0.2) is 15.8 Å². The van der Waals surface area contributed by atoms with Gasteiger partial charge in [-0.2, -0.15) is 11.8 Å². The van der Waals surface area contributed by atoms with E-state index in [2.05, 4.69) is 36.7 Å². The lowest BCUT2D eigenvalue weighted by Gasteiger charge is -2.10. The van der Waals surface area contributed by atoms with Crippen molar-refractivity contribution in [2.24, 2.45) is 0 Å². The minimum atomic E-state index is 0.646. The highest BCUT2D eigenvalue weighted by Gasteiger charge is 2.05. The van der Waals surface area contributed by atoms with Crippen LogP contribution in [0.1, 0.15) is 20.8 Å². The fourth-order valence-electron chi connectivity index (χ4n) is 0.395. The second kappa shape index (κ2) is 4.68. The van der Waals surface area contributed by atoms with Crippen LogP contribution < -0.4 is 0 Å². The maximum Gasteiger partial charge on any atom is 0.0233 e. The quantitative estimate of drug-likeness (QED) is 0.627. The van der Waals surface area contributed by atoms with Crippen molar-refractivity contribution in [2.75, 3.05) is 5.75 Å². The number of halogens is 1. The molecule has 8 heavy (non-hydrogen) atoms. The van der Waals surface area contributed by atoms with Crippen LogP contribution in [0.25, 0.3) is 0 Å². The normalized spacial score (nSPS) is 18.0. The molecule has 0 aliphatic carbocycles. The smallest absolute Gasteiger partial charge is 0.0233 e. The predicted octanol–water partition coefficient (Wildman–Crippen LogP) is 2.91. The van der Waals surface area contributed by atoms with Gasteiger partial charge >= 0.3 is 0 Å². The van der Waals surface area contributed by atoms with E-state index in [0.29, 0.717) is 4.83 Å². The molecule has 0 nitrogen and oxygen atoms in total. The summed E-state index contributed by atoms with van der Waals surface area (Å²) in [7, 11) is 0. The maximum absolute atomic E-state index is 3.52. The van der Waals surface area contributed by atoms with Crippen LogP contribution in [0.15, 0.2) is 0 Å². The van der Waals surface area contributed by atoms with Crippen molar-refractivity contribution in [3.05, 3.63) is 0 Å². The summed E-state index contributed by atoms with van der Waals surface area (Å²) in [5.74, 6) is 1.22. The van der Waals surface area contributed by atoms with Crippen LogP contribution in [0.5, 0.6) is 0 Å². The molecule has 0 radical (unpaired) electrons. The third-order valence-corrected chi connectivity index (χ3v) is 3.49. The van der Waals surface area contributed by atoms with Crippen LogP contribution in [0, 0.1) is 0 Å². The van der Waals surface area contributed by atoms with Gasteiger partial charge in [-0.05, 0) is 5.75 Å². The van der Waals surface area contributed by atoms with E-state index in [4.69, 9.17) is 0 Å². The van der Waals surface area contributed by atoms with Crippen molar-refractivity contribution in [1.29, 1.82) is 0 Å². The van der Waals surface area contributed by atoms with Crippen LogP contribution in [0.3, 0.4) is 0 Å². The molecule has 0 aliphatic rings. The van der Waals surface area contributed by atoms with Gasteiger partial charge in [0.05, 0.1) is 0 Å². The van der Waals surface area contributed by atoms with Crippen molar-refractivity contribution in [3.8, 4) is 0 Å². The summed E-state index contributed by atoms with van der Waals surface area (Å²) in [6, 6.07) is 0. The average molecular weight is 197 g/mol. The minimum absolute atomic E-state index is 0.646. The van der Waals surface area contributed by atoms with Crippen molar-refractivity contribution < 1.29 is 0 Å². The summed E-state index contributed by atoms with van der Waals surface area (Å²) >= 11 is 5.51. The van der Waals surface area contributed by atoms with Crippen LogP contribution in [-0.2, 0) is 0 Å². The van der Waals surface area contributed by atoms with Gasteiger partial charge in [0, 0.05) is 10.1 Å². The Balaban J connectivity index is 3.17. The fourth-order valence-corrected chi connectivity index (χ4v) is 1.64. The monoisotopic (exact) mass is 196 g/mol. The Hall–Kier alpha value is 0.830. The highest BCUT2D eigenvalue weighted by atomic mass is 79.9. The fraction of sp³-hybridized carbons (Fsp3) is 1.00. The largest absolute Gasteiger partial charge is 0.158 e. The summed E-state index contributed by atoms with van der Waals surface area (Å²) in [6.07, 6.45) is 0. The maximum atomic E-state index is 3.52. The molecule has 0 saturated carbocycles. The van der Waals surface area contributed by atoms with Gasteiger partial charge in [-0.1, -0.05) is 36.7 Å². The molecule has 0 aromatic rings. The summed E-state index contributed by atoms with van der Waals surface area (Å²) in [5, 5.41) is 0.750. The molecule has 0 aliphatic heterocycles. The second-order valence-electron chi connectivity index (χ2n) is 1.84. The molecule has 0 aromatic carbocycles. The summed E-state index contributed by atoms with van der Waals surface area (Å²) < 4.78 is 0. The first-order chi connectivity index (χ1) is 3.68. The van der Waals surface area contributed by atoms with Gasteiger partial charge in [-0.15, -0.1) is 0 Å². The Morgan fingerprint density at radius 1 is 1.50 bits per heavy atom. The Labute approximate surface area is 64.6 Å². The topological polar surface area (TPSA) is 0 Å². The van der Waals surface area contributed by atoms with E-state index in [1.165, 1.54) is 5.75 Å². The van der Waals surface area contributed by atoms with E-state index in [1.807, 2.05) is 11.8 Å². The molecular weight excluding hydrogens is 184 g/mol. The molecule has 0 fully saturated rings. The summed E-state index contributed by atoms with van der Waals surface area (Å²) in [5.41, 5.74) is 0. The zero-order valence-corrected chi connectivity index (χ0v) is 8.05. The first-order valence-electron chi connectivity index (χ1n) is 2.94. The van der Waals surface area contributed by atoms with Gasteiger partial charge in [0.1, 0.15) is 0 Å². The highest BCUT2D eigenvalue weighted by Crippen LogP contribution is 2.18. The van der Waals surface area contributed by atoms with Gasteiger partial charge in [0.25, 0.3) is 0 Å². The molecule has 2 atom stereocenters. The Morgan fingerprint density at radius 3 is 2.12 bits per heavy atom. The van der Waals surface area contributed by atoms with Crippen LogP contribution >= 0.6 is 27.7 Å². The number of alkyl halides is 1. The lowest BCUT2D eigenvalue weighted by molar-refractivity contribution is 0.942. The SMILES string of the molecule is CCSC(C)C(C)Br. The molecule has 0 aromatic heterocycles. The summed E-state index contributed by atoms with van der Waals surface area (Å²) in [6.45, 7) is 6.62. The summed E-state index contributed by atoms with van der Waals surface area (Å²) in [4.78, 5) is 0.646. The molecule has 0 rings (SSSR count). The molecule has 0 heterocycles. The van der Waals surface area contributed by atoms with Gasteiger partial charge < -0.3 is 0 Å². The van der Waals surface area contributed by atoms with Crippen molar-refractivity contribution >= 4 is 27.7 Å². The Morgan fingerprint density at radius 2 is 2.00 bits per heavy atom. The Kier molecular flexibility index (Phi) is 5.17. The lowest BCUT2D eigenvalue weighted by atomic mass is 10.4. The van der Waals surface area contributed by atoms with Gasteiger partial charge in [-0.3, -0.25) is 0 Å². The third-order valence-electron chi connectivity index (χ3n) is 1.08. The van der Waals surface area contributed by atoms with E-state index >= 15 is 0 Å². The van der Waals surface area contributed by atoms with Gasteiger partial charge in [0.15, 0.2) is 0 Å². The molecule has 0 bridgehead atoms. The molecule has 2 unspecified atom stereocenters. The number of thioether (sulfide) groups is 1.